The van der Waals surface area contributed by atoms with Crippen molar-refractivity contribution in [1.82, 2.24) is 4.57 Å². The zero-order valence-corrected chi connectivity index (χ0v) is 17.5. The molecule has 1 aromatic heterocycles. The molecule has 154 valence electrons. The molecule has 3 aromatic carbocycles. The van der Waals surface area contributed by atoms with Crippen LogP contribution in [0.15, 0.2) is 72.8 Å². The molecule has 0 fully saturated rings. The second-order valence-corrected chi connectivity index (χ2v) is 8.30. The van der Waals surface area contributed by atoms with Gasteiger partial charge in [-0.2, -0.15) is 0 Å². The summed E-state index contributed by atoms with van der Waals surface area (Å²) in [5.41, 5.74) is 3.72. The van der Waals surface area contributed by atoms with Crippen LogP contribution in [0.4, 0.5) is 4.39 Å². The lowest BCUT2D eigenvalue weighted by Gasteiger charge is -2.24. The summed E-state index contributed by atoms with van der Waals surface area (Å²) in [6, 6.07) is 23.2. The van der Waals surface area contributed by atoms with Gasteiger partial charge in [-0.05, 0) is 48.4 Å². The fourth-order valence-corrected chi connectivity index (χ4v) is 3.64. The van der Waals surface area contributed by atoms with E-state index in [0.29, 0.717) is 12.2 Å². The summed E-state index contributed by atoms with van der Waals surface area (Å²) >= 11 is 0. The molecule has 0 radical (unpaired) electrons. The van der Waals surface area contributed by atoms with Crippen molar-refractivity contribution in [3.8, 4) is 11.4 Å². The Morgan fingerprint density at radius 3 is 2.43 bits per heavy atom. The van der Waals surface area contributed by atoms with Crippen LogP contribution in [0, 0.1) is 12.7 Å². The summed E-state index contributed by atoms with van der Waals surface area (Å²) in [5.74, 6) is 0.510. The van der Waals surface area contributed by atoms with Crippen molar-refractivity contribution in [2.45, 2.75) is 32.8 Å². The van der Waals surface area contributed by atoms with Gasteiger partial charge in [-0.3, -0.25) is 0 Å². The van der Waals surface area contributed by atoms with Crippen LogP contribution >= 0.6 is 0 Å². The molecule has 0 aliphatic heterocycles. The predicted octanol–water partition coefficient (Wildman–Crippen LogP) is 5.93. The zero-order chi connectivity index (χ0) is 21.3. The van der Waals surface area contributed by atoms with E-state index in [1.54, 1.807) is 19.1 Å². The minimum Gasteiger partial charge on any atom is -0.488 e. The van der Waals surface area contributed by atoms with E-state index < -0.39 is 5.41 Å². The van der Waals surface area contributed by atoms with E-state index in [0.717, 1.165) is 33.6 Å². The Morgan fingerprint density at radius 2 is 1.73 bits per heavy atom. The summed E-state index contributed by atoms with van der Waals surface area (Å²) in [7, 11) is 0. The second kappa shape index (κ2) is 7.96. The van der Waals surface area contributed by atoms with E-state index in [1.165, 1.54) is 0 Å². The summed E-state index contributed by atoms with van der Waals surface area (Å²) in [4.78, 5) is 0. The van der Waals surface area contributed by atoms with Gasteiger partial charge < -0.3 is 14.4 Å². The number of hydrogen-bond acceptors (Lipinski definition) is 2. The van der Waals surface area contributed by atoms with Gasteiger partial charge >= 0.3 is 0 Å². The quantitative estimate of drug-likeness (QED) is 0.433. The highest BCUT2D eigenvalue weighted by molar-refractivity contribution is 5.89. The van der Waals surface area contributed by atoms with Gasteiger partial charge in [0.05, 0.1) is 12.1 Å². The standard InChI is InChI=1S/C26H26FNO2/c1-18-12-13-20(14-22(18)27)28-23-10-7-11-24(30-16-19-8-5-4-6-9-19)21(23)15-25(28)26(2,3)17-29/h4-15,29H,16-17H2,1-3H3. The van der Waals surface area contributed by atoms with Gasteiger partial charge in [0.15, 0.2) is 0 Å². The van der Waals surface area contributed by atoms with Gasteiger partial charge in [0, 0.05) is 22.2 Å². The lowest BCUT2D eigenvalue weighted by Crippen LogP contribution is -2.25. The third-order valence-corrected chi connectivity index (χ3v) is 5.55. The summed E-state index contributed by atoms with van der Waals surface area (Å²) in [6.07, 6.45) is 0. The van der Waals surface area contributed by atoms with E-state index in [9.17, 15) is 9.50 Å². The second-order valence-electron chi connectivity index (χ2n) is 8.30. The molecule has 0 spiro atoms. The highest BCUT2D eigenvalue weighted by atomic mass is 19.1. The maximum absolute atomic E-state index is 14.4. The number of halogens is 1. The van der Waals surface area contributed by atoms with Crippen molar-refractivity contribution < 1.29 is 14.2 Å². The number of fused-ring (bicyclic) bond motifs is 1. The van der Waals surface area contributed by atoms with Crippen LogP contribution in [0.25, 0.3) is 16.6 Å². The Kier molecular flexibility index (Phi) is 5.35. The number of rotatable bonds is 6. The van der Waals surface area contributed by atoms with Gasteiger partial charge in [-0.25, -0.2) is 4.39 Å². The topological polar surface area (TPSA) is 34.4 Å². The van der Waals surface area contributed by atoms with E-state index >= 15 is 0 Å². The van der Waals surface area contributed by atoms with Crippen molar-refractivity contribution in [2.75, 3.05) is 6.61 Å². The summed E-state index contributed by atoms with van der Waals surface area (Å²) in [5, 5.41) is 11.0. The van der Waals surface area contributed by atoms with Crippen LogP contribution in [-0.2, 0) is 12.0 Å². The molecule has 4 rings (SSSR count). The third kappa shape index (κ3) is 3.71. The average molecular weight is 403 g/mol. The Labute approximate surface area is 176 Å². The lowest BCUT2D eigenvalue weighted by atomic mass is 9.90. The lowest BCUT2D eigenvalue weighted by molar-refractivity contribution is 0.214. The molecule has 0 amide bonds. The fourth-order valence-electron chi connectivity index (χ4n) is 3.64. The molecule has 0 saturated heterocycles. The maximum Gasteiger partial charge on any atom is 0.129 e. The number of benzene rings is 3. The average Bonchev–Trinajstić information content (AvgIpc) is 3.16. The molecule has 0 bridgehead atoms. The molecule has 0 atom stereocenters. The summed E-state index contributed by atoms with van der Waals surface area (Å²) < 4.78 is 22.5. The first kappa shape index (κ1) is 20.2. The molecule has 3 nitrogen and oxygen atoms in total. The molecule has 1 heterocycles. The molecular weight excluding hydrogens is 377 g/mol. The van der Waals surface area contributed by atoms with Gasteiger partial charge in [0.25, 0.3) is 0 Å². The first-order valence-corrected chi connectivity index (χ1v) is 10.1. The minimum atomic E-state index is -0.517. The predicted molar refractivity (Wildman–Crippen MR) is 119 cm³/mol. The minimum absolute atomic E-state index is 0.0299. The largest absolute Gasteiger partial charge is 0.488 e. The van der Waals surface area contributed by atoms with Crippen LogP contribution in [0.3, 0.4) is 0 Å². The van der Waals surface area contributed by atoms with Crippen molar-refractivity contribution in [2.24, 2.45) is 0 Å². The van der Waals surface area contributed by atoms with Gasteiger partial charge in [0.1, 0.15) is 18.2 Å². The Hall–Kier alpha value is -3.11. The molecule has 1 N–H and O–H groups in total. The number of aromatic nitrogens is 1. The summed E-state index contributed by atoms with van der Waals surface area (Å²) in [6.45, 7) is 6.14. The number of hydrogen-bond donors (Lipinski definition) is 1. The van der Waals surface area contributed by atoms with E-state index in [1.807, 2.05) is 79.1 Å². The van der Waals surface area contributed by atoms with Crippen molar-refractivity contribution in [3.63, 3.8) is 0 Å². The SMILES string of the molecule is Cc1ccc(-n2c(C(C)(C)CO)cc3c(OCc4ccccc4)cccc32)cc1F. The zero-order valence-electron chi connectivity index (χ0n) is 17.5. The van der Waals surface area contributed by atoms with Gasteiger partial charge in [-0.15, -0.1) is 0 Å². The molecule has 0 unspecified atom stereocenters. The van der Waals surface area contributed by atoms with E-state index in [4.69, 9.17) is 4.74 Å². The number of nitrogens with zero attached hydrogens (tertiary/aromatic N) is 1. The Bertz CT molecular complexity index is 1180. The van der Waals surface area contributed by atoms with Crippen molar-refractivity contribution in [3.05, 3.63) is 95.4 Å². The number of aliphatic hydroxyl groups excluding tert-OH is 1. The number of aliphatic hydroxyl groups is 1. The number of ether oxygens (including phenoxy) is 1. The normalized spacial score (nSPS) is 11.8. The van der Waals surface area contributed by atoms with Crippen molar-refractivity contribution >= 4 is 10.9 Å². The van der Waals surface area contributed by atoms with Crippen LogP contribution in [0.5, 0.6) is 5.75 Å². The smallest absolute Gasteiger partial charge is 0.129 e. The highest BCUT2D eigenvalue weighted by Crippen LogP contribution is 2.37. The molecule has 0 aliphatic rings. The Morgan fingerprint density at radius 1 is 0.967 bits per heavy atom. The van der Waals surface area contributed by atoms with E-state index in [-0.39, 0.29) is 12.4 Å². The molecule has 30 heavy (non-hydrogen) atoms. The Balaban J connectivity index is 1.87. The van der Waals surface area contributed by atoms with Crippen LogP contribution in [0.2, 0.25) is 0 Å². The monoisotopic (exact) mass is 403 g/mol. The first-order chi connectivity index (χ1) is 14.4. The van der Waals surface area contributed by atoms with Crippen LogP contribution in [0.1, 0.15) is 30.7 Å². The maximum atomic E-state index is 14.4. The molecule has 0 saturated carbocycles. The van der Waals surface area contributed by atoms with E-state index in [2.05, 4.69) is 0 Å². The highest BCUT2D eigenvalue weighted by Gasteiger charge is 2.27. The molecule has 0 aliphatic carbocycles. The van der Waals surface area contributed by atoms with Crippen LogP contribution < -0.4 is 4.74 Å². The fraction of sp³-hybridized carbons (Fsp3) is 0.231. The van der Waals surface area contributed by atoms with Gasteiger partial charge in [0.2, 0.25) is 0 Å². The number of aryl methyl sites for hydroxylation is 1. The van der Waals surface area contributed by atoms with Gasteiger partial charge in [-0.1, -0.05) is 56.3 Å². The third-order valence-electron chi connectivity index (χ3n) is 5.55. The van der Waals surface area contributed by atoms with Crippen molar-refractivity contribution in [1.29, 1.82) is 0 Å². The molecule has 4 heteroatoms. The molecule has 4 aromatic rings. The first-order valence-electron chi connectivity index (χ1n) is 10.1. The molecular formula is C26H26FNO2. The van der Waals surface area contributed by atoms with Crippen LogP contribution in [-0.4, -0.2) is 16.3 Å².